The van der Waals surface area contributed by atoms with E-state index in [-0.39, 0.29) is 12.2 Å². The minimum Gasteiger partial charge on any atom is -0.463 e. The van der Waals surface area contributed by atoms with Crippen LogP contribution in [-0.2, 0) is 9.53 Å². The summed E-state index contributed by atoms with van der Waals surface area (Å²) in [5, 5.41) is 0.955. The van der Waals surface area contributed by atoms with Crippen molar-refractivity contribution in [2.24, 2.45) is 4.99 Å². The largest absolute Gasteiger partial charge is 0.463 e. The molecule has 8 heteroatoms. The molecule has 0 bridgehead atoms. The number of fused-ring (bicyclic) bond motifs is 1. The molecule has 0 amide bonds. The van der Waals surface area contributed by atoms with Gasteiger partial charge in [-0.05, 0) is 43.2 Å². The van der Waals surface area contributed by atoms with Gasteiger partial charge in [0.15, 0.2) is 4.80 Å². The molecule has 168 valence electrons. The number of benzene rings is 2. The summed E-state index contributed by atoms with van der Waals surface area (Å²) in [5.74, 6) is -0.489. The Kier molecular flexibility index (Phi) is 6.98. The van der Waals surface area contributed by atoms with Gasteiger partial charge in [0, 0.05) is 10.0 Å². The number of hydrogen-bond donors (Lipinski definition) is 0. The van der Waals surface area contributed by atoms with Gasteiger partial charge in [-0.3, -0.25) is 9.36 Å². The first-order valence-corrected chi connectivity index (χ1v) is 11.8. The number of allylic oxidation sites excluding steroid dienone is 2. The zero-order valence-corrected chi connectivity index (χ0v) is 20.2. The second-order valence-corrected chi connectivity index (χ2v) is 9.13. The van der Waals surface area contributed by atoms with E-state index >= 15 is 0 Å². The molecule has 0 aliphatic carbocycles. The summed E-state index contributed by atoms with van der Waals surface area (Å²) >= 11 is 13.5. The molecule has 3 aromatic rings. The fourth-order valence-electron chi connectivity index (χ4n) is 3.54. The number of esters is 1. The Morgan fingerprint density at radius 1 is 1.21 bits per heavy atom. The maximum absolute atomic E-state index is 13.5. The van der Waals surface area contributed by atoms with E-state index in [0.717, 1.165) is 5.56 Å². The Balaban J connectivity index is 1.89. The molecule has 0 spiro atoms. The maximum Gasteiger partial charge on any atom is 0.338 e. The van der Waals surface area contributed by atoms with E-state index in [2.05, 4.69) is 4.99 Å². The van der Waals surface area contributed by atoms with Gasteiger partial charge >= 0.3 is 5.97 Å². The molecule has 0 N–H and O–H groups in total. The molecular weight excluding hydrogens is 479 g/mol. The van der Waals surface area contributed by atoms with Crippen LogP contribution in [0.25, 0.3) is 12.2 Å². The molecule has 33 heavy (non-hydrogen) atoms. The van der Waals surface area contributed by atoms with Crippen molar-refractivity contribution >= 4 is 52.7 Å². The topological polar surface area (TPSA) is 60.7 Å². The molecule has 0 unspecified atom stereocenters. The molecule has 4 rings (SSSR count). The smallest absolute Gasteiger partial charge is 0.338 e. The number of hydrogen-bond acceptors (Lipinski definition) is 5. The van der Waals surface area contributed by atoms with E-state index in [1.165, 1.54) is 15.9 Å². The average molecular weight is 499 g/mol. The van der Waals surface area contributed by atoms with Crippen molar-refractivity contribution in [1.29, 1.82) is 0 Å². The molecule has 1 aliphatic rings. The molecule has 1 aromatic heterocycles. The highest BCUT2D eigenvalue weighted by Gasteiger charge is 2.30. The summed E-state index contributed by atoms with van der Waals surface area (Å²) in [6.07, 6.45) is 5.43. The maximum atomic E-state index is 13.5. The molecule has 1 aliphatic heterocycles. The normalized spacial score (nSPS) is 16.1. The number of halogens is 2. The molecule has 0 fully saturated rings. The Morgan fingerprint density at radius 3 is 2.67 bits per heavy atom. The molecule has 0 saturated heterocycles. The number of aromatic nitrogens is 1. The van der Waals surface area contributed by atoms with Crippen molar-refractivity contribution in [3.63, 3.8) is 0 Å². The lowest BCUT2D eigenvalue weighted by Gasteiger charge is -2.21. The fraction of sp³-hybridized carbons (Fsp3) is 0.160. The minimum absolute atomic E-state index is 0.226. The molecule has 0 saturated carbocycles. The van der Waals surface area contributed by atoms with Gasteiger partial charge in [-0.15, -0.1) is 0 Å². The van der Waals surface area contributed by atoms with Crippen LogP contribution in [0.2, 0.25) is 10.0 Å². The van der Waals surface area contributed by atoms with Crippen LogP contribution >= 0.6 is 34.5 Å². The predicted octanol–water partition coefficient (Wildman–Crippen LogP) is 4.77. The highest BCUT2D eigenvalue weighted by Crippen LogP contribution is 2.26. The third-order valence-electron chi connectivity index (χ3n) is 5.08. The summed E-state index contributed by atoms with van der Waals surface area (Å²) in [6.45, 7) is 3.72. The SMILES string of the molecule is CCOC(=O)C1=C(C)N=c2s/c(=C\c3ccc(Cl)cc3Cl)c(=O)n2[C@@H]1C=Cc1ccccc1. The summed E-state index contributed by atoms with van der Waals surface area (Å²) in [4.78, 5) is 31.3. The zero-order chi connectivity index (χ0) is 23.5. The third-order valence-corrected chi connectivity index (χ3v) is 6.62. The first-order valence-electron chi connectivity index (χ1n) is 10.3. The van der Waals surface area contributed by atoms with E-state index in [4.69, 9.17) is 27.9 Å². The van der Waals surface area contributed by atoms with Crippen LogP contribution in [-0.4, -0.2) is 17.1 Å². The molecular formula is C25H20Cl2N2O3S. The highest BCUT2D eigenvalue weighted by atomic mass is 35.5. The Hall–Kier alpha value is -2.93. The van der Waals surface area contributed by atoms with Crippen molar-refractivity contribution in [2.45, 2.75) is 19.9 Å². The monoisotopic (exact) mass is 498 g/mol. The van der Waals surface area contributed by atoms with Crippen LogP contribution in [0.1, 0.15) is 31.0 Å². The number of ether oxygens (including phenoxy) is 1. The van der Waals surface area contributed by atoms with Gasteiger partial charge in [0.05, 0.1) is 28.5 Å². The van der Waals surface area contributed by atoms with Crippen LogP contribution in [0.4, 0.5) is 0 Å². The Morgan fingerprint density at radius 2 is 1.97 bits per heavy atom. The molecule has 1 atom stereocenters. The lowest BCUT2D eigenvalue weighted by Crippen LogP contribution is -2.38. The third kappa shape index (κ3) is 4.88. The van der Waals surface area contributed by atoms with Crippen molar-refractivity contribution in [3.8, 4) is 0 Å². The van der Waals surface area contributed by atoms with Gasteiger partial charge < -0.3 is 4.74 Å². The summed E-state index contributed by atoms with van der Waals surface area (Å²) in [6, 6.07) is 14.1. The minimum atomic E-state index is -0.650. The van der Waals surface area contributed by atoms with Crippen LogP contribution in [0.15, 0.2) is 75.7 Å². The van der Waals surface area contributed by atoms with Crippen LogP contribution in [0.3, 0.4) is 0 Å². The van der Waals surface area contributed by atoms with Crippen LogP contribution in [0.5, 0.6) is 0 Å². The number of carbonyl (C=O) groups excluding carboxylic acids is 1. The van der Waals surface area contributed by atoms with Gasteiger partial charge in [0.1, 0.15) is 0 Å². The predicted molar refractivity (Wildman–Crippen MR) is 133 cm³/mol. The van der Waals surface area contributed by atoms with Crippen LogP contribution in [0, 0.1) is 0 Å². The van der Waals surface area contributed by atoms with Gasteiger partial charge in [-0.1, -0.05) is 83.1 Å². The van der Waals surface area contributed by atoms with Crippen molar-refractivity contribution in [2.75, 3.05) is 6.61 Å². The standard InChI is InChI=1S/C25H20Cl2N2O3S/c1-3-32-24(31)22-15(2)28-25-29(20(22)12-9-16-7-5-4-6-8-16)23(30)21(33-25)13-17-10-11-18(26)14-19(17)27/h4-14,20H,3H2,1-2H3/b12-9?,21-13-/t20-/m1/s1. The molecule has 0 radical (unpaired) electrons. The van der Waals surface area contributed by atoms with E-state index < -0.39 is 12.0 Å². The number of nitrogens with zero attached hydrogens (tertiary/aromatic N) is 2. The van der Waals surface area contributed by atoms with E-state index in [0.29, 0.717) is 36.2 Å². The lowest BCUT2D eigenvalue weighted by molar-refractivity contribution is -0.139. The summed E-state index contributed by atoms with van der Waals surface area (Å²) in [5.41, 5.74) is 2.22. The Bertz CT molecular complexity index is 1450. The number of carbonyl (C=O) groups is 1. The second kappa shape index (κ2) is 9.91. The van der Waals surface area contributed by atoms with Gasteiger partial charge in [-0.25, -0.2) is 9.79 Å². The van der Waals surface area contributed by atoms with E-state index in [9.17, 15) is 9.59 Å². The van der Waals surface area contributed by atoms with Crippen molar-refractivity contribution in [1.82, 2.24) is 4.57 Å². The molecule has 2 heterocycles. The van der Waals surface area contributed by atoms with E-state index in [1.54, 1.807) is 38.1 Å². The first kappa shape index (κ1) is 23.2. The summed E-state index contributed by atoms with van der Waals surface area (Å²) in [7, 11) is 0. The van der Waals surface area contributed by atoms with Crippen molar-refractivity contribution < 1.29 is 9.53 Å². The molecule has 2 aromatic carbocycles. The first-order chi connectivity index (χ1) is 15.9. The Labute approximate surface area is 204 Å². The average Bonchev–Trinajstić information content (AvgIpc) is 3.09. The highest BCUT2D eigenvalue weighted by molar-refractivity contribution is 7.07. The van der Waals surface area contributed by atoms with E-state index in [1.807, 2.05) is 42.5 Å². The van der Waals surface area contributed by atoms with Crippen molar-refractivity contribution in [3.05, 3.63) is 107 Å². The van der Waals surface area contributed by atoms with Gasteiger partial charge in [-0.2, -0.15) is 0 Å². The summed E-state index contributed by atoms with van der Waals surface area (Å²) < 4.78 is 7.26. The number of rotatable bonds is 5. The number of thiazole rings is 1. The molecule has 5 nitrogen and oxygen atoms in total. The fourth-order valence-corrected chi connectivity index (χ4v) is 5.05. The second-order valence-electron chi connectivity index (χ2n) is 7.28. The quantitative estimate of drug-likeness (QED) is 0.476. The lowest BCUT2D eigenvalue weighted by atomic mass is 10.0. The zero-order valence-electron chi connectivity index (χ0n) is 17.9. The van der Waals surface area contributed by atoms with Gasteiger partial charge in [0.25, 0.3) is 5.56 Å². The van der Waals surface area contributed by atoms with Gasteiger partial charge in [0.2, 0.25) is 0 Å². The van der Waals surface area contributed by atoms with Crippen LogP contribution < -0.4 is 14.9 Å².